The molecule has 0 aliphatic carbocycles. The number of halogens is 6. The van der Waals surface area contributed by atoms with Crippen molar-refractivity contribution >= 4 is 58.0 Å². The number of hydrogen-bond donors (Lipinski definition) is 2. The van der Waals surface area contributed by atoms with Gasteiger partial charge in [0.1, 0.15) is 17.2 Å². The lowest BCUT2D eigenvalue weighted by Gasteiger charge is -2.37. The molecule has 228 valence electrons. The van der Waals surface area contributed by atoms with Crippen molar-refractivity contribution in [3.05, 3.63) is 106 Å². The van der Waals surface area contributed by atoms with Crippen LogP contribution in [0, 0.1) is 36.0 Å². The van der Waals surface area contributed by atoms with E-state index in [1.807, 2.05) is 24.0 Å². The number of nitrogens with one attached hydrogen (secondary N) is 2. The van der Waals surface area contributed by atoms with E-state index < -0.39 is 40.7 Å². The van der Waals surface area contributed by atoms with Crippen LogP contribution in [0.2, 0.25) is 5.02 Å². The van der Waals surface area contributed by atoms with E-state index in [1.165, 1.54) is 12.2 Å². The third-order valence-electron chi connectivity index (χ3n) is 6.99. The summed E-state index contributed by atoms with van der Waals surface area (Å²) in [5.74, 6) is -9.20. The number of amides is 1. The highest BCUT2D eigenvalue weighted by molar-refractivity contribution is 7.80. The maximum absolute atomic E-state index is 14.2. The van der Waals surface area contributed by atoms with Gasteiger partial charge in [-0.15, -0.1) is 0 Å². The molecule has 44 heavy (non-hydrogen) atoms. The first-order valence-corrected chi connectivity index (χ1v) is 14.1. The summed E-state index contributed by atoms with van der Waals surface area (Å²) in [4.78, 5) is 15.4. The molecule has 0 radical (unpaired) electrons. The molecule has 1 saturated heterocycles. The molecule has 5 rings (SSSR count). The standard InChI is InChI=1S/C31H24ClF5N4O2S/c1-17-2-3-18(16-22(17)32)23-10-8-21(43-23)9-11-24(42)39-31(44)38-19-4-6-20(7-5-19)40-12-14-41(15-13-40)30-28(36)26(34)25(33)27(35)29(30)37/h2-11,16H,12-15H2,1H3,(H2,38,39,42,44)/b11-9+. The number of rotatable bonds is 6. The average Bonchev–Trinajstić information content (AvgIpc) is 3.49. The molecule has 6 nitrogen and oxygen atoms in total. The molecule has 1 aliphatic rings. The van der Waals surface area contributed by atoms with E-state index in [0.717, 1.165) is 21.7 Å². The molecular formula is C31H24ClF5N4O2S. The Kier molecular flexibility index (Phi) is 9.21. The van der Waals surface area contributed by atoms with Crippen LogP contribution in [0.25, 0.3) is 17.4 Å². The molecule has 1 fully saturated rings. The van der Waals surface area contributed by atoms with Crippen LogP contribution in [0.4, 0.5) is 39.0 Å². The third-order valence-corrected chi connectivity index (χ3v) is 7.60. The zero-order valence-electron chi connectivity index (χ0n) is 23.1. The number of carbonyl (C=O) groups excluding carboxylic acids is 1. The number of carbonyl (C=O) groups is 1. The Morgan fingerprint density at radius 3 is 2.11 bits per heavy atom. The fraction of sp³-hybridized carbons (Fsp3) is 0.161. The average molecular weight is 647 g/mol. The molecule has 0 bridgehead atoms. The van der Waals surface area contributed by atoms with E-state index in [9.17, 15) is 26.7 Å². The Labute approximate surface area is 259 Å². The number of hydrogen-bond acceptors (Lipinski definition) is 5. The Morgan fingerprint density at radius 1 is 0.864 bits per heavy atom. The second-order valence-corrected chi connectivity index (χ2v) is 10.7. The van der Waals surface area contributed by atoms with Crippen LogP contribution in [-0.2, 0) is 4.79 Å². The van der Waals surface area contributed by atoms with Crippen molar-refractivity contribution in [3.63, 3.8) is 0 Å². The van der Waals surface area contributed by atoms with E-state index in [-0.39, 0.29) is 31.3 Å². The lowest BCUT2D eigenvalue weighted by molar-refractivity contribution is -0.115. The fourth-order valence-corrected chi connectivity index (χ4v) is 5.03. The van der Waals surface area contributed by atoms with E-state index >= 15 is 0 Å². The van der Waals surface area contributed by atoms with Gasteiger partial charge in [-0.25, -0.2) is 22.0 Å². The Hall–Kier alpha value is -4.42. The summed E-state index contributed by atoms with van der Waals surface area (Å²) >= 11 is 11.4. The highest BCUT2D eigenvalue weighted by atomic mass is 35.5. The number of thiocarbonyl (C=S) groups is 1. The largest absolute Gasteiger partial charge is 0.457 e. The molecular weight excluding hydrogens is 623 g/mol. The number of benzene rings is 3. The van der Waals surface area contributed by atoms with Gasteiger partial charge in [-0.05, 0) is 73.2 Å². The van der Waals surface area contributed by atoms with Gasteiger partial charge >= 0.3 is 0 Å². The van der Waals surface area contributed by atoms with E-state index in [2.05, 4.69) is 10.6 Å². The van der Waals surface area contributed by atoms with E-state index in [1.54, 1.807) is 42.5 Å². The lowest BCUT2D eigenvalue weighted by atomic mass is 10.1. The normalized spacial score (nSPS) is 13.4. The first-order chi connectivity index (χ1) is 21.0. The molecule has 1 aromatic heterocycles. The SMILES string of the molecule is Cc1ccc(-c2ccc(/C=C/C(=O)NC(=S)Nc3ccc(N4CCN(c5c(F)c(F)c(F)c(F)c5F)CC4)cc3)o2)cc1Cl. The van der Waals surface area contributed by atoms with Gasteiger partial charge in [-0.2, -0.15) is 0 Å². The van der Waals surface area contributed by atoms with Crippen LogP contribution < -0.4 is 20.4 Å². The minimum Gasteiger partial charge on any atom is -0.457 e. The van der Waals surface area contributed by atoms with Crippen molar-refractivity contribution in [2.24, 2.45) is 0 Å². The maximum atomic E-state index is 14.2. The van der Waals surface area contributed by atoms with Crippen molar-refractivity contribution < 1.29 is 31.2 Å². The van der Waals surface area contributed by atoms with Crippen LogP contribution in [0.1, 0.15) is 11.3 Å². The molecule has 0 spiro atoms. The number of aryl methyl sites for hydroxylation is 1. The van der Waals surface area contributed by atoms with Gasteiger partial charge < -0.3 is 19.5 Å². The molecule has 0 saturated carbocycles. The Balaban J connectivity index is 1.12. The van der Waals surface area contributed by atoms with Crippen molar-refractivity contribution in [1.82, 2.24) is 5.32 Å². The summed E-state index contributed by atoms with van der Waals surface area (Å²) in [6, 6.07) is 16.1. The molecule has 2 heterocycles. The minimum atomic E-state index is -2.18. The van der Waals surface area contributed by atoms with E-state index in [0.29, 0.717) is 22.2 Å². The number of anilines is 3. The molecule has 4 aromatic rings. The van der Waals surface area contributed by atoms with Crippen LogP contribution >= 0.6 is 23.8 Å². The van der Waals surface area contributed by atoms with Crippen molar-refractivity contribution in [1.29, 1.82) is 0 Å². The van der Waals surface area contributed by atoms with Gasteiger partial charge in [0.25, 0.3) is 0 Å². The topological polar surface area (TPSA) is 60.8 Å². The van der Waals surface area contributed by atoms with Crippen molar-refractivity contribution in [2.45, 2.75) is 6.92 Å². The quantitative estimate of drug-likeness (QED) is 0.0746. The molecule has 0 atom stereocenters. The van der Waals surface area contributed by atoms with Crippen LogP contribution in [0.5, 0.6) is 0 Å². The summed E-state index contributed by atoms with van der Waals surface area (Å²) in [5, 5.41) is 6.16. The van der Waals surface area contributed by atoms with Crippen molar-refractivity contribution in [2.75, 3.05) is 41.3 Å². The summed E-state index contributed by atoms with van der Waals surface area (Å²) < 4.78 is 74.8. The van der Waals surface area contributed by atoms with Gasteiger partial charge in [0.05, 0.1) is 0 Å². The van der Waals surface area contributed by atoms with Crippen LogP contribution in [0.15, 0.2) is 65.1 Å². The molecule has 3 aromatic carbocycles. The second kappa shape index (κ2) is 13.1. The predicted octanol–water partition coefficient (Wildman–Crippen LogP) is 7.46. The summed E-state index contributed by atoms with van der Waals surface area (Å²) in [6.07, 6.45) is 2.80. The first-order valence-electron chi connectivity index (χ1n) is 13.3. The molecule has 1 aliphatic heterocycles. The summed E-state index contributed by atoms with van der Waals surface area (Å²) in [7, 11) is 0. The van der Waals surface area contributed by atoms with Gasteiger partial charge in [0.2, 0.25) is 11.7 Å². The van der Waals surface area contributed by atoms with Crippen LogP contribution in [0.3, 0.4) is 0 Å². The Morgan fingerprint density at radius 2 is 1.48 bits per heavy atom. The summed E-state index contributed by atoms with van der Waals surface area (Å²) in [5.41, 5.74) is 2.21. The molecule has 2 N–H and O–H groups in total. The zero-order valence-corrected chi connectivity index (χ0v) is 24.6. The van der Waals surface area contributed by atoms with E-state index in [4.69, 9.17) is 28.2 Å². The molecule has 13 heteroatoms. The van der Waals surface area contributed by atoms with Gasteiger partial charge in [0, 0.05) is 54.2 Å². The lowest BCUT2D eigenvalue weighted by Crippen LogP contribution is -2.47. The highest BCUT2D eigenvalue weighted by Crippen LogP contribution is 2.32. The van der Waals surface area contributed by atoms with Gasteiger partial charge in [-0.3, -0.25) is 10.1 Å². The molecule has 1 amide bonds. The highest BCUT2D eigenvalue weighted by Gasteiger charge is 2.30. The fourth-order valence-electron chi connectivity index (χ4n) is 4.63. The van der Waals surface area contributed by atoms with Gasteiger partial charge in [0.15, 0.2) is 28.4 Å². The van der Waals surface area contributed by atoms with Crippen molar-refractivity contribution in [3.8, 4) is 11.3 Å². The number of nitrogens with zero attached hydrogens (tertiary/aromatic N) is 2. The van der Waals surface area contributed by atoms with Gasteiger partial charge in [-0.1, -0.05) is 23.7 Å². The predicted molar refractivity (Wildman–Crippen MR) is 164 cm³/mol. The minimum absolute atomic E-state index is 0.0433. The monoisotopic (exact) mass is 646 g/mol. The summed E-state index contributed by atoms with van der Waals surface area (Å²) in [6.45, 7) is 2.55. The third kappa shape index (κ3) is 6.71. The number of piperazine rings is 1. The second-order valence-electron chi connectivity index (χ2n) is 9.88. The Bertz CT molecular complexity index is 1730. The zero-order chi connectivity index (χ0) is 31.5. The smallest absolute Gasteiger partial charge is 0.250 e. The first kappa shape index (κ1) is 31.0. The maximum Gasteiger partial charge on any atom is 0.250 e. The van der Waals surface area contributed by atoms with Crippen LogP contribution in [-0.4, -0.2) is 37.2 Å². The number of furan rings is 1. The molecule has 0 unspecified atom stereocenters.